The van der Waals surface area contributed by atoms with Crippen LogP contribution in [0.1, 0.15) is 34.2 Å². The summed E-state index contributed by atoms with van der Waals surface area (Å²) in [5.41, 5.74) is 2.46. The molecule has 0 aliphatic carbocycles. The summed E-state index contributed by atoms with van der Waals surface area (Å²) >= 11 is 0. The molecule has 3 heterocycles. The molecule has 0 radical (unpaired) electrons. The smallest absolute Gasteiger partial charge is 0.255 e. The Morgan fingerprint density at radius 2 is 2.04 bits per heavy atom. The number of benzene rings is 1. The maximum absolute atomic E-state index is 12.6. The molecule has 1 saturated heterocycles. The van der Waals surface area contributed by atoms with Crippen molar-refractivity contribution in [1.82, 2.24) is 9.78 Å². The van der Waals surface area contributed by atoms with Crippen molar-refractivity contribution in [1.29, 1.82) is 0 Å². The van der Waals surface area contributed by atoms with Crippen LogP contribution in [0.3, 0.4) is 0 Å². The summed E-state index contributed by atoms with van der Waals surface area (Å²) in [5.74, 6) is 1.13. The van der Waals surface area contributed by atoms with Crippen LogP contribution >= 0.6 is 0 Å². The highest BCUT2D eigenvalue weighted by molar-refractivity contribution is 7.91. The third-order valence-corrected chi connectivity index (χ3v) is 6.50. The van der Waals surface area contributed by atoms with Gasteiger partial charge >= 0.3 is 0 Å². The minimum absolute atomic E-state index is 0.0878. The molecule has 8 nitrogen and oxygen atoms in total. The van der Waals surface area contributed by atoms with Gasteiger partial charge in [-0.15, -0.1) is 0 Å². The van der Waals surface area contributed by atoms with Crippen molar-refractivity contribution in [2.45, 2.75) is 26.3 Å². The number of fused-ring (bicyclic) bond motifs is 1. The SMILES string of the molecule is Cc1nn(C2CCS(=O)(=O)C2)c(C)c1NC(=O)c1ccc2c(c1)OCO2. The van der Waals surface area contributed by atoms with Crippen LogP contribution in [0.5, 0.6) is 11.5 Å². The largest absolute Gasteiger partial charge is 0.454 e. The van der Waals surface area contributed by atoms with Crippen molar-refractivity contribution < 1.29 is 22.7 Å². The van der Waals surface area contributed by atoms with Gasteiger partial charge < -0.3 is 14.8 Å². The number of nitrogens with zero attached hydrogens (tertiary/aromatic N) is 2. The zero-order chi connectivity index (χ0) is 18.5. The molecule has 1 aromatic carbocycles. The number of rotatable bonds is 3. The second-order valence-corrected chi connectivity index (χ2v) is 8.80. The Morgan fingerprint density at radius 3 is 2.77 bits per heavy atom. The highest BCUT2D eigenvalue weighted by Crippen LogP contribution is 2.33. The number of aromatic nitrogens is 2. The summed E-state index contributed by atoms with van der Waals surface area (Å²) in [6.07, 6.45) is 0.542. The van der Waals surface area contributed by atoms with Crippen LogP contribution < -0.4 is 14.8 Å². The Balaban J connectivity index is 1.58. The Kier molecular flexibility index (Phi) is 3.91. The van der Waals surface area contributed by atoms with Gasteiger partial charge in [0.2, 0.25) is 6.79 Å². The minimum atomic E-state index is -3.01. The Bertz CT molecular complexity index is 996. The van der Waals surface area contributed by atoms with E-state index in [-0.39, 0.29) is 30.2 Å². The molecule has 4 rings (SSSR count). The topological polar surface area (TPSA) is 99.5 Å². The average molecular weight is 377 g/mol. The van der Waals surface area contributed by atoms with Crippen molar-refractivity contribution >= 4 is 21.4 Å². The first-order valence-electron chi connectivity index (χ1n) is 8.31. The molecule has 1 N–H and O–H groups in total. The van der Waals surface area contributed by atoms with Crippen LogP contribution in [0.15, 0.2) is 18.2 Å². The van der Waals surface area contributed by atoms with Crippen LogP contribution in [0, 0.1) is 13.8 Å². The molecule has 1 unspecified atom stereocenters. The lowest BCUT2D eigenvalue weighted by atomic mass is 10.1. The van der Waals surface area contributed by atoms with Gasteiger partial charge in [0.25, 0.3) is 5.91 Å². The van der Waals surface area contributed by atoms with Gasteiger partial charge in [0, 0.05) is 5.56 Å². The first-order chi connectivity index (χ1) is 12.3. The van der Waals surface area contributed by atoms with Crippen molar-refractivity contribution in [2.75, 3.05) is 23.6 Å². The number of anilines is 1. The fourth-order valence-electron chi connectivity index (χ4n) is 3.39. The van der Waals surface area contributed by atoms with Gasteiger partial charge in [-0.1, -0.05) is 0 Å². The number of aryl methyl sites for hydroxylation is 1. The second kappa shape index (κ2) is 6.01. The van der Waals surface area contributed by atoms with E-state index in [0.29, 0.717) is 34.9 Å². The molecule has 1 fully saturated rings. The number of hydrogen-bond donors (Lipinski definition) is 1. The van der Waals surface area contributed by atoms with Gasteiger partial charge in [0.05, 0.1) is 34.6 Å². The van der Waals surface area contributed by atoms with Crippen LogP contribution in [-0.2, 0) is 9.84 Å². The normalized spacial score (nSPS) is 20.3. The molecule has 9 heteroatoms. The molecule has 0 spiro atoms. The lowest BCUT2D eigenvalue weighted by Crippen LogP contribution is -2.15. The highest BCUT2D eigenvalue weighted by atomic mass is 32.2. The van der Waals surface area contributed by atoms with E-state index in [4.69, 9.17) is 9.47 Å². The number of sulfone groups is 1. The molecule has 1 aromatic heterocycles. The van der Waals surface area contributed by atoms with Crippen LogP contribution in [0.4, 0.5) is 5.69 Å². The summed E-state index contributed by atoms with van der Waals surface area (Å²) in [7, 11) is -3.01. The van der Waals surface area contributed by atoms with Crippen molar-refractivity contribution in [3.63, 3.8) is 0 Å². The standard InChI is InChI=1S/C17H19N3O5S/c1-10-16(11(2)20(19-10)13-5-6-26(22,23)8-13)18-17(21)12-3-4-14-15(7-12)25-9-24-14/h3-4,7,13H,5-6,8-9H2,1-2H3,(H,18,21). The summed E-state index contributed by atoms with van der Waals surface area (Å²) in [6, 6.07) is 4.82. The molecule has 26 heavy (non-hydrogen) atoms. The number of carbonyl (C=O) groups excluding carboxylic acids is 1. The van der Waals surface area contributed by atoms with E-state index in [1.165, 1.54) is 0 Å². The van der Waals surface area contributed by atoms with Gasteiger partial charge in [-0.2, -0.15) is 5.10 Å². The van der Waals surface area contributed by atoms with Crippen molar-refractivity contribution in [2.24, 2.45) is 0 Å². The van der Waals surface area contributed by atoms with Gasteiger partial charge in [-0.3, -0.25) is 9.48 Å². The molecule has 0 bridgehead atoms. The number of carbonyl (C=O) groups is 1. The third-order valence-electron chi connectivity index (χ3n) is 4.75. The van der Waals surface area contributed by atoms with E-state index in [2.05, 4.69) is 10.4 Å². The lowest BCUT2D eigenvalue weighted by molar-refractivity contribution is 0.102. The van der Waals surface area contributed by atoms with Crippen molar-refractivity contribution in [3.05, 3.63) is 35.2 Å². The van der Waals surface area contributed by atoms with E-state index in [9.17, 15) is 13.2 Å². The Labute approximate surface area is 151 Å². The second-order valence-electron chi connectivity index (χ2n) is 6.57. The molecular weight excluding hydrogens is 358 g/mol. The minimum Gasteiger partial charge on any atom is -0.454 e. The molecular formula is C17H19N3O5S. The lowest BCUT2D eigenvalue weighted by Gasteiger charge is -2.12. The number of hydrogen-bond acceptors (Lipinski definition) is 6. The monoisotopic (exact) mass is 377 g/mol. The van der Waals surface area contributed by atoms with Crippen LogP contribution in [-0.4, -0.2) is 42.4 Å². The van der Waals surface area contributed by atoms with E-state index in [0.717, 1.165) is 5.69 Å². The van der Waals surface area contributed by atoms with Crippen LogP contribution in [0.25, 0.3) is 0 Å². The Morgan fingerprint density at radius 1 is 1.27 bits per heavy atom. The summed E-state index contributed by atoms with van der Waals surface area (Å²) in [5, 5.41) is 7.34. The first-order valence-corrected chi connectivity index (χ1v) is 10.1. The summed E-state index contributed by atoms with van der Waals surface area (Å²) < 4.78 is 35.8. The number of ether oxygens (including phenoxy) is 2. The molecule has 1 amide bonds. The molecule has 1 atom stereocenters. The molecule has 2 aliphatic rings. The average Bonchev–Trinajstić information content (AvgIpc) is 3.27. The zero-order valence-electron chi connectivity index (χ0n) is 14.5. The predicted molar refractivity (Wildman–Crippen MR) is 94.5 cm³/mol. The van der Waals surface area contributed by atoms with Gasteiger partial charge in [-0.25, -0.2) is 8.42 Å². The zero-order valence-corrected chi connectivity index (χ0v) is 15.3. The van der Waals surface area contributed by atoms with E-state index in [1.807, 2.05) is 6.92 Å². The van der Waals surface area contributed by atoms with Crippen molar-refractivity contribution in [3.8, 4) is 11.5 Å². The molecule has 2 aliphatic heterocycles. The quantitative estimate of drug-likeness (QED) is 0.876. The Hall–Kier alpha value is -2.55. The number of nitrogens with one attached hydrogen (secondary N) is 1. The molecule has 0 saturated carbocycles. The fourth-order valence-corrected chi connectivity index (χ4v) is 5.08. The molecule has 138 valence electrons. The maximum atomic E-state index is 12.6. The maximum Gasteiger partial charge on any atom is 0.255 e. The van der Waals surface area contributed by atoms with E-state index >= 15 is 0 Å². The summed E-state index contributed by atoms with van der Waals surface area (Å²) in [6.45, 7) is 3.78. The third kappa shape index (κ3) is 2.92. The van der Waals surface area contributed by atoms with E-state index in [1.54, 1.807) is 29.8 Å². The highest BCUT2D eigenvalue weighted by Gasteiger charge is 2.31. The van der Waals surface area contributed by atoms with Gasteiger partial charge in [0.1, 0.15) is 0 Å². The van der Waals surface area contributed by atoms with Crippen LogP contribution in [0.2, 0.25) is 0 Å². The van der Waals surface area contributed by atoms with Gasteiger partial charge in [0.15, 0.2) is 21.3 Å². The first kappa shape index (κ1) is 16.9. The van der Waals surface area contributed by atoms with E-state index < -0.39 is 9.84 Å². The molecule has 2 aromatic rings. The fraction of sp³-hybridized carbons (Fsp3) is 0.412. The summed E-state index contributed by atoms with van der Waals surface area (Å²) in [4.78, 5) is 12.6. The predicted octanol–water partition coefficient (Wildman–Crippen LogP) is 1.84. The van der Waals surface area contributed by atoms with Gasteiger partial charge in [-0.05, 0) is 38.5 Å². The number of amides is 1.